The van der Waals surface area contributed by atoms with Crippen molar-refractivity contribution < 1.29 is 22.7 Å². The van der Waals surface area contributed by atoms with Gasteiger partial charge in [-0.15, -0.1) is 6.58 Å². The molecule has 0 spiro atoms. The Hall–Kier alpha value is -3.38. The van der Waals surface area contributed by atoms with E-state index in [0.717, 1.165) is 25.3 Å². The fourth-order valence-electron chi connectivity index (χ4n) is 5.15. The van der Waals surface area contributed by atoms with Crippen LogP contribution >= 0.6 is 0 Å². The van der Waals surface area contributed by atoms with Crippen molar-refractivity contribution in [3.05, 3.63) is 60.9 Å². The van der Waals surface area contributed by atoms with Crippen LogP contribution in [0.5, 0.6) is 5.75 Å². The van der Waals surface area contributed by atoms with Gasteiger partial charge >= 0.3 is 6.18 Å². The number of likely N-dealkylation sites (tertiary alicyclic amines) is 1. The molecule has 6 nitrogen and oxygen atoms in total. The quantitative estimate of drug-likeness (QED) is 0.405. The zero-order chi connectivity index (χ0) is 25.8. The third-order valence-corrected chi connectivity index (χ3v) is 6.96. The first-order valence-corrected chi connectivity index (χ1v) is 12.2. The number of ether oxygens (including phenoxy) is 1. The van der Waals surface area contributed by atoms with Crippen LogP contribution in [0.2, 0.25) is 0 Å². The van der Waals surface area contributed by atoms with E-state index >= 15 is 0 Å². The average Bonchev–Trinajstić information content (AvgIpc) is 3.31. The van der Waals surface area contributed by atoms with Crippen molar-refractivity contribution in [2.24, 2.45) is 0 Å². The summed E-state index contributed by atoms with van der Waals surface area (Å²) in [4.78, 5) is 18.6. The molecule has 9 heteroatoms. The van der Waals surface area contributed by atoms with E-state index in [4.69, 9.17) is 4.74 Å². The number of hydrogen-bond acceptors (Lipinski definition) is 5. The molecule has 2 heterocycles. The molecule has 4 rings (SSSR count). The summed E-state index contributed by atoms with van der Waals surface area (Å²) >= 11 is 0. The Morgan fingerprint density at radius 3 is 2.58 bits per heavy atom. The van der Waals surface area contributed by atoms with Crippen molar-refractivity contribution >= 4 is 5.91 Å². The summed E-state index contributed by atoms with van der Waals surface area (Å²) in [6, 6.07) is 8.31. The van der Waals surface area contributed by atoms with Crippen molar-refractivity contribution in [1.82, 2.24) is 15.2 Å². The highest BCUT2D eigenvalue weighted by Crippen LogP contribution is 2.40. The topological polar surface area (TPSA) is 78.2 Å². The number of benzene rings is 1. The SMILES string of the molecule is C=C[C@H]1CC[C@@H](C#N)N1C(=O)CNC1(Oc2ccc(C(F)(F)F)c(-c3ccncc3)c2)CCCCC1. The van der Waals surface area contributed by atoms with E-state index in [9.17, 15) is 23.2 Å². The van der Waals surface area contributed by atoms with Crippen LogP contribution in [0.4, 0.5) is 13.2 Å². The number of amides is 1. The molecular formula is C27H29F3N4O2. The number of hydrogen-bond donors (Lipinski definition) is 1. The number of alkyl halides is 3. The molecule has 2 atom stereocenters. The summed E-state index contributed by atoms with van der Waals surface area (Å²) in [5.74, 6) is 0.0686. The van der Waals surface area contributed by atoms with Gasteiger partial charge in [0.1, 0.15) is 11.8 Å². The van der Waals surface area contributed by atoms with Crippen LogP contribution in [-0.4, -0.2) is 40.1 Å². The van der Waals surface area contributed by atoms with Gasteiger partial charge in [-0.25, -0.2) is 0 Å². The lowest BCUT2D eigenvalue weighted by Crippen LogP contribution is -2.55. The number of aromatic nitrogens is 1. The molecule has 1 N–H and O–H groups in total. The Balaban J connectivity index is 1.58. The maximum atomic E-state index is 13.7. The minimum atomic E-state index is -4.53. The second-order valence-electron chi connectivity index (χ2n) is 9.28. The predicted octanol–water partition coefficient (Wildman–Crippen LogP) is 5.47. The lowest BCUT2D eigenvalue weighted by Gasteiger charge is -2.39. The molecule has 1 aromatic carbocycles. The molecule has 1 aromatic heterocycles. The van der Waals surface area contributed by atoms with Gasteiger partial charge < -0.3 is 9.64 Å². The molecular weight excluding hydrogens is 469 g/mol. The molecule has 2 fully saturated rings. The Kier molecular flexibility index (Phi) is 7.65. The monoisotopic (exact) mass is 498 g/mol. The third-order valence-electron chi connectivity index (χ3n) is 6.96. The van der Waals surface area contributed by atoms with Crippen molar-refractivity contribution in [3.8, 4) is 22.9 Å². The molecule has 1 saturated carbocycles. The van der Waals surface area contributed by atoms with Gasteiger partial charge in [0.25, 0.3) is 0 Å². The first kappa shape index (κ1) is 25.7. The van der Waals surface area contributed by atoms with Crippen LogP contribution in [0.3, 0.4) is 0 Å². The Bertz CT molecular complexity index is 1120. The van der Waals surface area contributed by atoms with E-state index in [1.807, 2.05) is 0 Å². The molecule has 0 unspecified atom stereocenters. The highest BCUT2D eigenvalue weighted by atomic mass is 19.4. The van der Waals surface area contributed by atoms with Crippen LogP contribution in [0.15, 0.2) is 55.4 Å². The van der Waals surface area contributed by atoms with Gasteiger partial charge in [-0.05, 0) is 67.1 Å². The lowest BCUT2D eigenvalue weighted by atomic mass is 9.91. The Labute approximate surface area is 208 Å². The third kappa shape index (κ3) is 5.54. The van der Waals surface area contributed by atoms with Crippen LogP contribution in [-0.2, 0) is 11.0 Å². The molecule has 0 radical (unpaired) electrons. The first-order chi connectivity index (χ1) is 17.3. The Morgan fingerprint density at radius 1 is 1.22 bits per heavy atom. The fourth-order valence-corrected chi connectivity index (χ4v) is 5.15. The number of carbonyl (C=O) groups is 1. The van der Waals surface area contributed by atoms with Crippen LogP contribution in [0.1, 0.15) is 50.5 Å². The summed E-state index contributed by atoms with van der Waals surface area (Å²) in [5, 5.41) is 12.7. The van der Waals surface area contributed by atoms with Crippen molar-refractivity contribution in [2.75, 3.05) is 6.54 Å². The highest BCUT2D eigenvalue weighted by molar-refractivity contribution is 5.80. The van der Waals surface area contributed by atoms with Gasteiger partial charge in [-0.3, -0.25) is 15.1 Å². The molecule has 190 valence electrons. The van der Waals surface area contributed by atoms with Crippen molar-refractivity contribution in [2.45, 2.75) is 68.9 Å². The normalized spacial score (nSPS) is 21.6. The molecule has 1 aliphatic carbocycles. The molecule has 2 aliphatic rings. The molecule has 1 saturated heterocycles. The van der Waals surface area contributed by atoms with Crippen molar-refractivity contribution in [1.29, 1.82) is 5.26 Å². The van der Waals surface area contributed by atoms with E-state index < -0.39 is 23.5 Å². The molecule has 0 bridgehead atoms. The summed E-state index contributed by atoms with van der Waals surface area (Å²) in [5.41, 5.74) is -1.26. The summed E-state index contributed by atoms with van der Waals surface area (Å²) in [7, 11) is 0. The van der Waals surface area contributed by atoms with Gasteiger partial charge in [-0.1, -0.05) is 12.5 Å². The molecule has 1 amide bonds. The standard InChI is InChI=1S/C27H29F3N4O2/c1-2-20-6-7-21(17-31)34(20)25(35)18-33-26(12-4-3-5-13-26)36-22-8-9-24(27(28,29)30)23(16-22)19-10-14-32-15-11-19/h2,8-11,14-16,20-21,33H,1,3-7,12-13,18H2/t20-,21-/m0/s1. The summed E-state index contributed by atoms with van der Waals surface area (Å²) in [6.45, 7) is 3.75. The van der Waals surface area contributed by atoms with Crippen LogP contribution in [0, 0.1) is 11.3 Å². The molecule has 36 heavy (non-hydrogen) atoms. The fraction of sp³-hybridized carbons (Fsp3) is 0.444. The largest absolute Gasteiger partial charge is 0.473 e. The van der Waals surface area contributed by atoms with Crippen LogP contribution < -0.4 is 10.1 Å². The molecule has 2 aromatic rings. The Morgan fingerprint density at radius 2 is 1.94 bits per heavy atom. The summed E-state index contributed by atoms with van der Waals surface area (Å²) < 4.78 is 47.6. The number of nitrogens with one attached hydrogen (secondary N) is 1. The maximum absolute atomic E-state index is 13.7. The maximum Gasteiger partial charge on any atom is 0.417 e. The summed E-state index contributed by atoms with van der Waals surface area (Å²) in [6.07, 6.45) is 5.29. The van der Waals surface area contributed by atoms with E-state index in [-0.39, 0.29) is 29.8 Å². The number of pyridine rings is 1. The zero-order valence-corrected chi connectivity index (χ0v) is 19.9. The number of rotatable bonds is 7. The van der Waals surface area contributed by atoms with E-state index in [2.05, 4.69) is 22.9 Å². The van der Waals surface area contributed by atoms with E-state index in [0.29, 0.717) is 31.2 Å². The lowest BCUT2D eigenvalue weighted by molar-refractivity contribution is -0.137. The molecule has 1 aliphatic heterocycles. The number of nitrogens with zero attached hydrogens (tertiary/aromatic N) is 3. The van der Waals surface area contributed by atoms with Gasteiger partial charge in [0.2, 0.25) is 5.91 Å². The number of halogens is 3. The van der Waals surface area contributed by atoms with Gasteiger partial charge in [0.05, 0.1) is 24.2 Å². The minimum absolute atomic E-state index is 0.00666. The second kappa shape index (κ2) is 10.7. The van der Waals surface area contributed by atoms with E-state index in [1.165, 1.54) is 36.7 Å². The van der Waals surface area contributed by atoms with Gasteiger partial charge in [0.15, 0.2) is 5.72 Å². The van der Waals surface area contributed by atoms with Crippen molar-refractivity contribution in [3.63, 3.8) is 0 Å². The van der Waals surface area contributed by atoms with Crippen LogP contribution in [0.25, 0.3) is 11.1 Å². The minimum Gasteiger partial charge on any atom is -0.473 e. The van der Waals surface area contributed by atoms with Gasteiger partial charge in [0, 0.05) is 25.2 Å². The predicted molar refractivity (Wildman–Crippen MR) is 129 cm³/mol. The zero-order valence-electron chi connectivity index (χ0n) is 19.9. The highest BCUT2D eigenvalue weighted by Gasteiger charge is 2.39. The van der Waals surface area contributed by atoms with E-state index in [1.54, 1.807) is 11.0 Å². The number of carbonyl (C=O) groups excluding carboxylic acids is 1. The second-order valence-corrected chi connectivity index (χ2v) is 9.28. The average molecular weight is 499 g/mol. The first-order valence-electron chi connectivity index (χ1n) is 12.2. The van der Waals surface area contributed by atoms with Gasteiger partial charge in [-0.2, -0.15) is 18.4 Å². The smallest absolute Gasteiger partial charge is 0.417 e. The number of nitriles is 1.